The molecule has 1 aromatic heterocycles. The lowest BCUT2D eigenvalue weighted by molar-refractivity contribution is -0.384. The van der Waals surface area contributed by atoms with Crippen molar-refractivity contribution < 1.29 is 14.1 Å². The van der Waals surface area contributed by atoms with Crippen LogP contribution < -0.4 is 4.90 Å². The van der Waals surface area contributed by atoms with Crippen molar-refractivity contribution in [2.45, 2.75) is 6.42 Å². The second kappa shape index (κ2) is 4.24. The standard InChI is InChI=1S/C13H10N2O4/c16-13(11-5-2-8-19-11)14-7-6-9-3-1-4-10(12(9)14)15(17)18/h1-5,8H,6-7H2. The molecule has 1 aromatic carbocycles. The Morgan fingerprint density at radius 1 is 1.32 bits per heavy atom. The van der Waals surface area contributed by atoms with Crippen LogP contribution >= 0.6 is 0 Å². The van der Waals surface area contributed by atoms with E-state index in [0.29, 0.717) is 18.7 Å². The van der Waals surface area contributed by atoms with Gasteiger partial charge in [0.15, 0.2) is 5.76 Å². The third-order valence-corrected chi connectivity index (χ3v) is 3.15. The summed E-state index contributed by atoms with van der Waals surface area (Å²) in [5, 5.41) is 11.1. The van der Waals surface area contributed by atoms with E-state index in [2.05, 4.69) is 0 Å². The molecule has 0 spiro atoms. The number of benzene rings is 1. The third kappa shape index (κ3) is 1.77. The number of hydrogen-bond donors (Lipinski definition) is 0. The lowest BCUT2D eigenvalue weighted by Crippen LogP contribution is -2.29. The smallest absolute Gasteiger partial charge is 0.294 e. The SMILES string of the molecule is O=C(c1ccco1)N1CCc2cccc([N+](=O)[O-])c21. The van der Waals surface area contributed by atoms with Gasteiger partial charge in [-0.1, -0.05) is 12.1 Å². The molecule has 2 heterocycles. The molecule has 19 heavy (non-hydrogen) atoms. The Morgan fingerprint density at radius 3 is 2.84 bits per heavy atom. The van der Waals surface area contributed by atoms with Crippen LogP contribution in [0.15, 0.2) is 41.0 Å². The fraction of sp³-hybridized carbons (Fsp3) is 0.154. The average molecular weight is 258 g/mol. The first kappa shape index (κ1) is 11.5. The Hall–Kier alpha value is -2.63. The van der Waals surface area contributed by atoms with Crippen molar-refractivity contribution in [1.82, 2.24) is 0 Å². The number of rotatable bonds is 2. The van der Waals surface area contributed by atoms with Gasteiger partial charge in [0.1, 0.15) is 5.69 Å². The molecule has 0 atom stereocenters. The number of anilines is 1. The molecule has 96 valence electrons. The van der Waals surface area contributed by atoms with E-state index < -0.39 is 4.92 Å². The predicted octanol–water partition coefficient (Wildman–Crippen LogP) is 2.39. The second-order valence-electron chi connectivity index (χ2n) is 4.23. The van der Waals surface area contributed by atoms with Crippen LogP contribution in [0.25, 0.3) is 0 Å². The van der Waals surface area contributed by atoms with Gasteiger partial charge in [0.25, 0.3) is 11.6 Å². The first-order chi connectivity index (χ1) is 9.18. The highest BCUT2D eigenvalue weighted by Gasteiger charge is 2.33. The molecule has 1 aliphatic rings. The van der Waals surface area contributed by atoms with E-state index >= 15 is 0 Å². The van der Waals surface area contributed by atoms with E-state index in [9.17, 15) is 14.9 Å². The van der Waals surface area contributed by atoms with E-state index in [1.807, 2.05) is 0 Å². The summed E-state index contributed by atoms with van der Waals surface area (Å²) < 4.78 is 5.06. The minimum atomic E-state index is -0.466. The molecule has 0 saturated carbocycles. The van der Waals surface area contributed by atoms with Crippen molar-refractivity contribution in [3.63, 3.8) is 0 Å². The summed E-state index contributed by atoms with van der Waals surface area (Å²) in [5.41, 5.74) is 1.15. The number of fused-ring (bicyclic) bond motifs is 1. The van der Waals surface area contributed by atoms with Crippen molar-refractivity contribution in [2.75, 3.05) is 11.4 Å². The number of nitro groups is 1. The largest absolute Gasteiger partial charge is 0.459 e. The summed E-state index contributed by atoms with van der Waals surface area (Å²) in [6.07, 6.45) is 2.02. The Morgan fingerprint density at radius 2 is 2.16 bits per heavy atom. The van der Waals surface area contributed by atoms with Gasteiger partial charge >= 0.3 is 0 Å². The minimum absolute atomic E-state index is 0.0464. The van der Waals surface area contributed by atoms with Crippen molar-refractivity contribution in [2.24, 2.45) is 0 Å². The molecule has 0 unspecified atom stereocenters. The summed E-state index contributed by atoms with van der Waals surface area (Å²) in [6.45, 7) is 0.430. The molecule has 0 fully saturated rings. The Bertz CT molecular complexity index is 649. The normalized spacial score (nSPS) is 13.4. The molecule has 3 rings (SSSR count). The molecule has 0 radical (unpaired) electrons. The Kier molecular flexibility index (Phi) is 2.56. The molecule has 0 bridgehead atoms. The third-order valence-electron chi connectivity index (χ3n) is 3.15. The van der Waals surface area contributed by atoms with Gasteiger partial charge in [-0.3, -0.25) is 19.8 Å². The van der Waals surface area contributed by atoms with Gasteiger partial charge in [0.05, 0.1) is 11.2 Å². The van der Waals surface area contributed by atoms with Gasteiger partial charge in [-0.25, -0.2) is 0 Å². The zero-order chi connectivity index (χ0) is 13.4. The molecule has 0 aliphatic carbocycles. The van der Waals surface area contributed by atoms with Crippen LogP contribution in [0.4, 0.5) is 11.4 Å². The predicted molar refractivity (Wildman–Crippen MR) is 67.2 cm³/mol. The number of carbonyl (C=O) groups is 1. The zero-order valence-corrected chi connectivity index (χ0v) is 9.91. The summed E-state index contributed by atoms with van der Waals surface area (Å²) in [4.78, 5) is 24.3. The molecule has 2 aromatic rings. The first-order valence-electron chi connectivity index (χ1n) is 5.80. The van der Waals surface area contributed by atoms with Crippen LogP contribution in [0.5, 0.6) is 0 Å². The van der Waals surface area contributed by atoms with Crippen LogP contribution in [0.1, 0.15) is 16.1 Å². The number of amides is 1. The van der Waals surface area contributed by atoms with Gasteiger partial charge in [-0.15, -0.1) is 0 Å². The minimum Gasteiger partial charge on any atom is -0.459 e. The maximum absolute atomic E-state index is 12.3. The highest BCUT2D eigenvalue weighted by Crippen LogP contribution is 2.37. The average Bonchev–Trinajstić information content (AvgIpc) is 3.06. The number of hydrogen-bond acceptors (Lipinski definition) is 4. The van der Waals surface area contributed by atoms with Gasteiger partial charge in [0, 0.05) is 12.6 Å². The molecule has 1 amide bonds. The van der Waals surface area contributed by atoms with Gasteiger partial charge < -0.3 is 4.42 Å². The molecule has 6 nitrogen and oxygen atoms in total. The number of nitrogens with zero attached hydrogens (tertiary/aromatic N) is 2. The molecular weight excluding hydrogens is 248 g/mol. The zero-order valence-electron chi connectivity index (χ0n) is 9.91. The van der Waals surface area contributed by atoms with E-state index in [1.54, 1.807) is 24.3 Å². The molecule has 6 heteroatoms. The summed E-state index contributed by atoms with van der Waals surface area (Å²) in [5.74, 6) is -0.163. The van der Waals surface area contributed by atoms with Gasteiger partial charge in [0.2, 0.25) is 0 Å². The topological polar surface area (TPSA) is 76.6 Å². The van der Waals surface area contributed by atoms with E-state index in [1.165, 1.54) is 17.2 Å². The number of para-hydroxylation sites is 1. The maximum atomic E-state index is 12.3. The maximum Gasteiger partial charge on any atom is 0.294 e. The van der Waals surface area contributed by atoms with Gasteiger partial charge in [-0.2, -0.15) is 0 Å². The van der Waals surface area contributed by atoms with Crippen LogP contribution in [-0.4, -0.2) is 17.4 Å². The highest BCUT2D eigenvalue weighted by molar-refractivity contribution is 6.07. The summed E-state index contributed by atoms with van der Waals surface area (Å²) in [7, 11) is 0. The molecular formula is C13H10N2O4. The van der Waals surface area contributed by atoms with Crippen molar-refractivity contribution in [3.8, 4) is 0 Å². The fourth-order valence-corrected chi connectivity index (χ4v) is 2.32. The summed E-state index contributed by atoms with van der Waals surface area (Å²) in [6, 6.07) is 8.01. The van der Waals surface area contributed by atoms with E-state index in [0.717, 1.165) is 5.56 Å². The number of nitro benzene ring substituents is 1. The van der Waals surface area contributed by atoms with Crippen molar-refractivity contribution in [3.05, 3.63) is 58.0 Å². The number of carbonyl (C=O) groups excluding carboxylic acids is 1. The Labute approximate surface area is 108 Å². The quantitative estimate of drug-likeness (QED) is 0.612. The van der Waals surface area contributed by atoms with Crippen molar-refractivity contribution >= 4 is 17.3 Å². The van der Waals surface area contributed by atoms with E-state index in [4.69, 9.17) is 4.42 Å². The number of furan rings is 1. The molecule has 1 aliphatic heterocycles. The first-order valence-corrected chi connectivity index (χ1v) is 5.80. The highest BCUT2D eigenvalue weighted by atomic mass is 16.6. The van der Waals surface area contributed by atoms with Crippen LogP contribution in [0.3, 0.4) is 0 Å². The molecule has 0 saturated heterocycles. The van der Waals surface area contributed by atoms with E-state index in [-0.39, 0.29) is 17.4 Å². The van der Waals surface area contributed by atoms with Crippen LogP contribution in [-0.2, 0) is 6.42 Å². The second-order valence-corrected chi connectivity index (χ2v) is 4.23. The van der Waals surface area contributed by atoms with Gasteiger partial charge in [-0.05, 0) is 24.1 Å². The van der Waals surface area contributed by atoms with Crippen LogP contribution in [0.2, 0.25) is 0 Å². The monoisotopic (exact) mass is 258 g/mol. The lowest BCUT2D eigenvalue weighted by atomic mass is 10.1. The fourth-order valence-electron chi connectivity index (χ4n) is 2.32. The van der Waals surface area contributed by atoms with Crippen LogP contribution in [0, 0.1) is 10.1 Å². The van der Waals surface area contributed by atoms with Crippen molar-refractivity contribution in [1.29, 1.82) is 0 Å². The molecule has 0 N–H and O–H groups in total. The summed E-state index contributed by atoms with van der Waals surface area (Å²) >= 11 is 0. The lowest BCUT2D eigenvalue weighted by Gasteiger charge is -2.15. The Balaban J connectivity index is 2.06.